The Labute approximate surface area is 175 Å². The van der Waals surface area contributed by atoms with E-state index in [4.69, 9.17) is 4.74 Å². The van der Waals surface area contributed by atoms with E-state index in [-0.39, 0.29) is 11.2 Å². The van der Waals surface area contributed by atoms with E-state index in [2.05, 4.69) is 40.2 Å². The number of nitrogens with one attached hydrogen (secondary N) is 1. The van der Waals surface area contributed by atoms with Crippen molar-refractivity contribution in [3.63, 3.8) is 0 Å². The van der Waals surface area contributed by atoms with Gasteiger partial charge in [0.1, 0.15) is 5.75 Å². The Kier molecular flexibility index (Phi) is 6.14. The van der Waals surface area contributed by atoms with Gasteiger partial charge in [-0.2, -0.15) is 0 Å². The molecule has 3 aromatic rings. The summed E-state index contributed by atoms with van der Waals surface area (Å²) in [5.74, 6) is 0.612. The number of hydrogen-bond donors (Lipinski definition) is 1. The van der Waals surface area contributed by atoms with E-state index < -0.39 is 0 Å². The summed E-state index contributed by atoms with van der Waals surface area (Å²) in [6.45, 7) is 3.38. The average molecular weight is 405 g/mol. The third-order valence-electron chi connectivity index (χ3n) is 5.73. The molecule has 0 saturated heterocycles. The minimum Gasteiger partial charge on any atom is -0.497 e. The molecule has 0 radical (unpaired) electrons. The van der Waals surface area contributed by atoms with Gasteiger partial charge >= 0.3 is 5.69 Å². The number of ether oxygens (including phenoxy) is 1. The van der Waals surface area contributed by atoms with Crippen LogP contribution in [0.3, 0.4) is 0 Å². The smallest absolute Gasteiger partial charge is 0.328 e. The van der Waals surface area contributed by atoms with Crippen molar-refractivity contribution in [1.82, 2.24) is 14.5 Å². The van der Waals surface area contributed by atoms with Crippen molar-refractivity contribution in [1.29, 1.82) is 0 Å². The van der Waals surface area contributed by atoms with Gasteiger partial charge in [-0.25, -0.2) is 4.79 Å². The maximum Gasteiger partial charge on any atom is 0.328 e. The van der Waals surface area contributed by atoms with Crippen molar-refractivity contribution in [2.24, 2.45) is 0 Å². The fraction of sp³-hybridized carbons (Fsp3) is 0.333. The van der Waals surface area contributed by atoms with E-state index in [9.17, 15) is 9.59 Å². The van der Waals surface area contributed by atoms with Crippen LogP contribution in [0.4, 0.5) is 0 Å². The second-order valence-corrected chi connectivity index (χ2v) is 7.65. The highest BCUT2D eigenvalue weighted by Crippen LogP contribution is 2.22. The average Bonchev–Trinajstić information content (AvgIpc) is 2.79. The molecule has 156 valence electrons. The molecule has 0 fully saturated rings. The van der Waals surface area contributed by atoms with Crippen LogP contribution in [0.15, 0.2) is 64.2 Å². The summed E-state index contributed by atoms with van der Waals surface area (Å²) < 4.78 is 6.47. The molecule has 1 N–H and O–H groups in total. The Morgan fingerprint density at radius 3 is 2.57 bits per heavy atom. The second kappa shape index (κ2) is 9.13. The number of methoxy groups -OCH3 is 1. The van der Waals surface area contributed by atoms with Gasteiger partial charge in [0, 0.05) is 25.7 Å². The van der Waals surface area contributed by atoms with Gasteiger partial charge in [0.2, 0.25) is 0 Å². The SMILES string of the molecule is COc1ccc2c(=O)n(CCCCN3CC=C(c4ccccc4)CC3)c(=O)[nH]c2c1. The highest BCUT2D eigenvalue weighted by molar-refractivity contribution is 5.78. The highest BCUT2D eigenvalue weighted by atomic mass is 16.5. The maximum absolute atomic E-state index is 12.7. The number of rotatable bonds is 7. The normalized spacial score (nSPS) is 14.6. The van der Waals surface area contributed by atoms with Crippen molar-refractivity contribution in [2.45, 2.75) is 25.8 Å². The third kappa shape index (κ3) is 4.39. The van der Waals surface area contributed by atoms with Gasteiger partial charge in [0.25, 0.3) is 5.56 Å². The molecular weight excluding hydrogens is 378 g/mol. The Morgan fingerprint density at radius 1 is 1.03 bits per heavy atom. The minimum atomic E-state index is -0.367. The molecule has 2 aromatic carbocycles. The molecule has 0 amide bonds. The fourth-order valence-corrected chi connectivity index (χ4v) is 4.00. The van der Waals surface area contributed by atoms with E-state index in [0.717, 1.165) is 38.9 Å². The van der Waals surface area contributed by atoms with E-state index in [1.807, 2.05) is 6.07 Å². The van der Waals surface area contributed by atoms with Crippen molar-refractivity contribution in [3.8, 4) is 5.75 Å². The summed E-state index contributed by atoms with van der Waals surface area (Å²) in [6.07, 6.45) is 5.10. The lowest BCUT2D eigenvalue weighted by Crippen LogP contribution is -2.35. The molecule has 1 aliphatic heterocycles. The molecular formula is C24H27N3O3. The van der Waals surface area contributed by atoms with Gasteiger partial charge < -0.3 is 9.72 Å². The molecule has 1 aromatic heterocycles. The van der Waals surface area contributed by atoms with Crippen molar-refractivity contribution < 1.29 is 4.74 Å². The molecule has 0 aliphatic carbocycles. The summed E-state index contributed by atoms with van der Waals surface area (Å²) in [5.41, 5.74) is 2.62. The van der Waals surface area contributed by atoms with Crippen LogP contribution in [0.25, 0.3) is 16.5 Å². The molecule has 0 spiro atoms. The number of fused-ring (bicyclic) bond motifs is 1. The first-order valence-electron chi connectivity index (χ1n) is 10.4. The van der Waals surface area contributed by atoms with Crippen LogP contribution in [0, 0.1) is 0 Å². The monoisotopic (exact) mass is 405 g/mol. The highest BCUT2D eigenvalue weighted by Gasteiger charge is 2.13. The van der Waals surface area contributed by atoms with Crippen LogP contribution in [-0.4, -0.2) is 41.2 Å². The predicted molar refractivity (Wildman–Crippen MR) is 120 cm³/mol. The van der Waals surface area contributed by atoms with Crippen molar-refractivity contribution in [2.75, 3.05) is 26.7 Å². The zero-order valence-corrected chi connectivity index (χ0v) is 17.3. The Hall–Kier alpha value is -3.12. The molecule has 6 nitrogen and oxygen atoms in total. The summed E-state index contributed by atoms with van der Waals surface area (Å²) in [4.78, 5) is 30.3. The molecule has 0 atom stereocenters. The number of aromatic amines is 1. The maximum atomic E-state index is 12.7. The summed E-state index contributed by atoms with van der Waals surface area (Å²) in [7, 11) is 1.56. The lowest BCUT2D eigenvalue weighted by Gasteiger charge is -2.26. The molecule has 4 rings (SSSR count). The Balaban J connectivity index is 1.33. The van der Waals surface area contributed by atoms with Gasteiger partial charge in [-0.1, -0.05) is 36.4 Å². The topological polar surface area (TPSA) is 67.3 Å². The first kappa shape index (κ1) is 20.2. The minimum absolute atomic E-state index is 0.246. The quantitative estimate of drug-likeness (QED) is 0.613. The number of hydrogen-bond acceptors (Lipinski definition) is 4. The lowest BCUT2D eigenvalue weighted by molar-refractivity contribution is 0.292. The molecule has 0 unspecified atom stereocenters. The standard InChI is InChI=1S/C24H27N3O3/c1-30-20-9-10-21-22(17-20)25-24(29)27(23(21)28)14-6-5-13-26-15-11-19(12-16-26)18-7-3-2-4-8-18/h2-4,7-11,17H,5-6,12-16H2,1H3,(H,25,29). The lowest BCUT2D eigenvalue weighted by atomic mass is 9.99. The largest absolute Gasteiger partial charge is 0.497 e. The summed E-state index contributed by atoms with van der Waals surface area (Å²) in [6, 6.07) is 15.6. The van der Waals surface area contributed by atoms with Crippen LogP contribution in [0.2, 0.25) is 0 Å². The fourth-order valence-electron chi connectivity index (χ4n) is 4.00. The van der Waals surface area contributed by atoms with E-state index in [1.165, 1.54) is 15.7 Å². The molecule has 0 saturated carbocycles. The van der Waals surface area contributed by atoms with Crippen molar-refractivity contribution >= 4 is 16.5 Å². The van der Waals surface area contributed by atoms with Crippen LogP contribution >= 0.6 is 0 Å². The Morgan fingerprint density at radius 2 is 1.83 bits per heavy atom. The summed E-state index contributed by atoms with van der Waals surface area (Å²) >= 11 is 0. The first-order chi connectivity index (χ1) is 14.7. The van der Waals surface area contributed by atoms with Crippen LogP contribution < -0.4 is 16.0 Å². The predicted octanol–water partition coefficient (Wildman–Crippen LogP) is 3.27. The number of aromatic nitrogens is 2. The van der Waals surface area contributed by atoms with Crippen LogP contribution in [0.5, 0.6) is 5.75 Å². The van der Waals surface area contributed by atoms with Crippen LogP contribution in [-0.2, 0) is 6.54 Å². The van der Waals surface area contributed by atoms with Gasteiger partial charge in [-0.15, -0.1) is 0 Å². The molecule has 0 bridgehead atoms. The van der Waals surface area contributed by atoms with Gasteiger partial charge in [0.05, 0.1) is 18.0 Å². The molecule has 6 heteroatoms. The van der Waals surface area contributed by atoms with Crippen molar-refractivity contribution in [3.05, 3.63) is 81.0 Å². The van der Waals surface area contributed by atoms with Crippen LogP contribution in [0.1, 0.15) is 24.8 Å². The zero-order valence-electron chi connectivity index (χ0n) is 17.3. The number of nitrogens with zero attached hydrogens (tertiary/aromatic N) is 2. The summed E-state index contributed by atoms with van der Waals surface area (Å²) in [5, 5.41) is 0.505. The second-order valence-electron chi connectivity index (χ2n) is 7.65. The number of unbranched alkanes of at least 4 members (excludes halogenated alkanes) is 1. The van der Waals surface area contributed by atoms with E-state index >= 15 is 0 Å². The van der Waals surface area contributed by atoms with Gasteiger partial charge in [-0.05, 0) is 49.1 Å². The first-order valence-corrected chi connectivity index (χ1v) is 10.4. The van der Waals surface area contributed by atoms with Gasteiger partial charge in [-0.3, -0.25) is 14.3 Å². The third-order valence-corrected chi connectivity index (χ3v) is 5.73. The van der Waals surface area contributed by atoms with E-state index in [0.29, 0.717) is 23.2 Å². The van der Waals surface area contributed by atoms with Gasteiger partial charge in [0.15, 0.2) is 0 Å². The Bertz CT molecular complexity index is 1160. The van der Waals surface area contributed by atoms with E-state index in [1.54, 1.807) is 25.3 Å². The zero-order chi connectivity index (χ0) is 20.9. The molecule has 2 heterocycles. The molecule has 30 heavy (non-hydrogen) atoms. The number of H-pyrrole nitrogens is 1. The number of benzene rings is 2. The molecule has 1 aliphatic rings.